The zero-order valence-corrected chi connectivity index (χ0v) is 11.2. The molecule has 0 aliphatic heterocycles. The molecule has 4 nitrogen and oxygen atoms in total. The van der Waals surface area contributed by atoms with Crippen molar-refractivity contribution in [2.45, 2.75) is 6.10 Å². The molecule has 0 saturated heterocycles. The lowest BCUT2D eigenvalue weighted by molar-refractivity contribution is -0.137. The number of aliphatic hydroxyl groups is 1. The first kappa shape index (κ1) is 13.5. The third-order valence-electron chi connectivity index (χ3n) is 2.65. The van der Waals surface area contributed by atoms with E-state index in [0.29, 0.717) is 5.69 Å². The van der Waals surface area contributed by atoms with E-state index in [1.165, 1.54) is 7.11 Å². The molecule has 0 saturated carbocycles. The van der Waals surface area contributed by atoms with Crippen LogP contribution in [-0.4, -0.2) is 23.2 Å². The van der Waals surface area contributed by atoms with Crippen molar-refractivity contribution in [1.29, 1.82) is 0 Å². The van der Waals surface area contributed by atoms with Crippen LogP contribution in [0, 0.1) is 0 Å². The van der Waals surface area contributed by atoms with Crippen LogP contribution in [0.25, 0.3) is 11.3 Å². The number of nitrogens with zero attached hydrogens (tertiary/aromatic N) is 1. The first-order chi connectivity index (χ1) is 9.13. The number of rotatable bonds is 4. The van der Waals surface area contributed by atoms with Gasteiger partial charge in [-0.15, -0.1) is 0 Å². The first-order valence-corrected chi connectivity index (χ1v) is 6.52. The van der Waals surface area contributed by atoms with Crippen LogP contribution in [-0.2, 0) is 9.53 Å². The van der Waals surface area contributed by atoms with E-state index >= 15 is 0 Å². The number of carbonyl (C=O) groups is 1. The van der Waals surface area contributed by atoms with Crippen molar-refractivity contribution in [3.8, 4) is 11.3 Å². The summed E-state index contributed by atoms with van der Waals surface area (Å²) in [6.07, 6.45) is -1.16. The average molecular weight is 275 g/mol. The molecule has 0 aliphatic carbocycles. The van der Waals surface area contributed by atoms with Crippen LogP contribution in [0.2, 0.25) is 0 Å². The van der Waals surface area contributed by atoms with Gasteiger partial charge in [-0.1, -0.05) is 12.6 Å². The van der Waals surface area contributed by atoms with E-state index in [4.69, 9.17) is 0 Å². The SMILES string of the molecule is C=C(C(=O)OC)C(O)c1cccc(-c2ccsc2)n1. The second-order valence-corrected chi connectivity index (χ2v) is 4.66. The highest BCUT2D eigenvalue weighted by Gasteiger charge is 2.20. The van der Waals surface area contributed by atoms with Gasteiger partial charge in [-0.3, -0.25) is 0 Å². The van der Waals surface area contributed by atoms with Gasteiger partial charge in [-0.25, -0.2) is 9.78 Å². The average Bonchev–Trinajstić information content (AvgIpc) is 2.99. The number of thiophene rings is 1. The predicted molar refractivity (Wildman–Crippen MR) is 73.7 cm³/mol. The molecule has 0 spiro atoms. The van der Waals surface area contributed by atoms with Crippen molar-refractivity contribution < 1.29 is 14.6 Å². The van der Waals surface area contributed by atoms with Crippen LogP contribution in [0.1, 0.15) is 11.8 Å². The summed E-state index contributed by atoms with van der Waals surface area (Å²) < 4.78 is 4.53. The summed E-state index contributed by atoms with van der Waals surface area (Å²) in [5.41, 5.74) is 2.06. The second kappa shape index (κ2) is 5.77. The van der Waals surface area contributed by atoms with Gasteiger partial charge in [0, 0.05) is 10.9 Å². The summed E-state index contributed by atoms with van der Waals surface area (Å²) in [5.74, 6) is -0.643. The molecular weight excluding hydrogens is 262 g/mol. The molecule has 2 aromatic rings. The Morgan fingerprint density at radius 2 is 2.26 bits per heavy atom. The fourth-order valence-electron chi connectivity index (χ4n) is 1.60. The van der Waals surface area contributed by atoms with Gasteiger partial charge >= 0.3 is 5.97 Å². The van der Waals surface area contributed by atoms with Crippen LogP contribution in [0.3, 0.4) is 0 Å². The highest BCUT2D eigenvalue weighted by molar-refractivity contribution is 7.08. The molecule has 2 aromatic heterocycles. The smallest absolute Gasteiger partial charge is 0.336 e. The third-order valence-corrected chi connectivity index (χ3v) is 3.33. The number of aliphatic hydroxyl groups excluding tert-OH is 1. The van der Waals surface area contributed by atoms with Crippen molar-refractivity contribution in [2.24, 2.45) is 0 Å². The highest BCUT2D eigenvalue weighted by atomic mass is 32.1. The Kier molecular flexibility index (Phi) is 4.09. The Hall–Kier alpha value is -1.98. The lowest BCUT2D eigenvalue weighted by atomic mass is 10.1. The molecule has 5 heteroatoms. The number of hydrogen-bond donors (Lipinski definition) is 1. The van der Waals surface area contributed by atoms with Gasteiger partial charge < -0.3 is 9.84 Å². The number of methoxy groups -OCH3 is 1. The van der Waals surface area contributed by atoms with Gasteiger partial charge in [0.15, 0.2) is 0 Å². The molecule has 1 N–H and O–H groups in total. The van der Waals surface area contributed by atoms with Crippen LogP contribution in [0.15, 0.2) is 47.2 Å². The van der Waals surface area contributed by atoms with E-state index in [-0.39, 0.29) is 5.57 Å². The predicted octanol–water partition coefficient (Wildman–Crippen LogP) is 2.57. The Bertz CT molecular complexity index is 592. The molecule has 2 heterocycles. The zero-order chi connectivity index (χ0) is 13.8. The van der Waals surface area contributed by atoms with E-state index in [2.05, 4.69) is 16.3 Å². The minimum atomic E-state index is -1.16. The Labute approximate surface area is 115 Å². The molecule has 1 unspecified atom stereocenters. The summed E-state index contributed by atoms with van der Waals surface area (Å²) in [6, 6.07) is 7.22. The normalized spacial score (nSPS) is 11.9. The summed E-state index contributed by atoms with van der Waals surface area (Å²) in [4.78, 5) is 15.7. The lowest BCUT2D eigenvalue weighted by Crippen LogP contribution is -2.13. The molecule has 0 aliphatic rings. The van der Waals surface area contributed by atoms with Crippen molar-refractivity contribution >= 4 is 17.3 Å². The quantitative estimate of drug-likeness (QED) is 0.688. The molecule has 1 atom stereocenters. The lowest BCUT2D eigenvalue weighted by Gasteiger charge is -2.12. The number of hydrogen-bond acceptors (Lipinski definition) is 5. The largest absolute Gasteiger partial charge is 0.466 e. The van der Waals surface area contributed by atoms with E-state index < -0.39 is 12.1 Å². The molecule has 0 aromatic carbocycles. The molecule has 0 bridgehead atoms. The van der Waals surface area contributed by atoms with E-state index in [9.17, 15) is 9.90 Å². The molecule has 0 radical (unpaired) electrons. The summed E-state index contributed by atoms with van der Waals surface area (Å²) in [5, 5.41) is 14.0. The number of pyridine rings is 1. The molecule has 2 rings (SSSR count). The number of esters is 1. The van der Waals surface area contributed by atoms with Gasteiger partial charge in [0.2, 0.25) is 0 Å². The number of aromatic nitrogens is 1. The number of carbonyl (C=O) groups excluding carboxylic acids is 1. The van der Waals surface area contributed by atoms with E-state index in [0.717, 1.165) is 11.3 Å². The maximum atomic E-state index is 11.3. The zero-order valence-electron chi connectivity index (χ0n) is 10.4. The molecule has 0 fully saturated rings. The van der Waals surface area contributed by atoms with Crippen LogP contribution in [0.4, 0.5) is 0 Å². The third kappa shape index (κ3) is 2.89. The minimum absolute atomic E-state index is 0.0301. The van der Waals surface area contributed by atoms with Gasteiger partial charge in [0.25, 0.3) is 0 Å². The summed E-state index contributed by atoms with van der Waals surface area (Å²) >= 11 is 1.57. The van der Waals surface area contributed by atoms with Crippen LogP contribution in [0.5, 0.6) is 0 Å². The first-order valence-electron chi connectivity index (χ1n) is 5.58. The van der Waals surface area contributed by atoms with Gasteiger partial charge in [0.1, 0.15) is 6.10 Å². The Morgan fingerprint density at radius 1 is 1.47 bits per heavy atom. The van der Waals surface area contributed by atoms with E-state index in [1.807, 2.05) is 22.9 Å². The van der Waals surface area contributed by atoms with Crippen molar-refractivity contribution in [2.75, 3.05) is 7.11 Å². The maximum Gasteiger partial charge on any atom is 0.336 e. The molecule has 98 valence electrons. The molecule has 19 heavy (non-hydrogen) atoms. The topological polar surface area (TPSA) is 59.4 Å². The fraction of sp³-hybridized carbons (Fsp3) is 0.143. The minimum Gasteiger partial charge on any atom is -0.466 e. The van der Waals surface area contributed by atoms with E-state index in [1.54, 1.807) is 23.5 Å². The van der Waals surface area contributed by atoms with Gasteiger partial charge in [0.05, 0.1) is 24.1 Å². The fourth-order valence-corrected chi connectivity index (χ4v) is 2.25. The van der Waals surface area contributed by atoms with Crippen molar-refractivity contribution in [1.82, 2.24) is 4.98 Å². The number of ether oxygens (including phenoxy) is 1. The van der Waals surface area contributed by atoms with Crippen molar-refractivity contribution in [3.63, 3.8) is 0 Å². The van der Waals surface area contributed by atoms with Crippen LogP contribution >= 0.6 is 11.3 Å². The standard InChI is InChI=1S/C14H13NO3S/c1-9(14(17)18-2)13(16)12-5-3-4-11(15-12)10-6-7-19-8-10/h3-8,13,16H,1H2,2H3. The van der Waals surface area contributed by atoms with Gasteiger partial charge in [-0.05, 0) is 23.6 Å². The molecule has 0 amide bonds. The highest BCUT2D eigenvalue weighted by Crippen LogP contribution is 2.24. The van der Waals surface area contributed by atoms with Crippen LogP contribution < -0.4 is 0 Å². The Morgan fingerprint density at radius 3 is 2.89 bits per heavy atom. The maximum absolute atomic E-state index is 11.3. The van der Waals surface area contributed by atoms with Crippen molar-refractivity contribution in [3.05, 3.63) is 52.9 Å². The van der Waals surface area contributed by atoms with Gasteiger partial charge in [-0.2, -0.15) is 11.3 Å². The summed E-state index contributed by atoms with van der Waals surface area (Å²) in [7, 11) is 1.25. The second-order valence-electron chi connectivity index (χ2n) is 3.88. The summed E-state index contributed by atoms with van der Waals surface area (Å²) in [6.45, 7) is 3.53. The monoisotopic (exact) mass is 275 g/mol. The Balaban J connectivity index is 2.29. The molecular formula is C14H13NO3S.